The molecule has 0 spiro atoms. The van der Waals surface area contributed by atoms with Crippen LogP contribution in [0.4, 0.5) is 5.95 Å². The van der Waals surface area contributed by atoms with Crippen molar-refractivity contribution >= 4 is 18.2 Å². The number of hydrogen-bond donors (Lipinski definition) is 1. The van der Waals surface area contributed by atoms with Gasteiger partial charge in [0.25, 0.3) is 0 Å². The van der Waals surface area contributed by atoms with Gasteiger partial charge in [-0.2, -0.15) is 0 Å². The molecule has 5 nitrogen and oxygen atoms in total. The smallest absolute Gasteiger partial charge is 0.226 e. The predicted molar refractivity (Wildman–Crippen MR) is 88.5 cm³/mol. The summed E-state index contributed by atoms with van der Waals surface area (Å²) in [5, 5.41) is 7.56. The fourth-order valence-corrected chi connectivity index (χ4v) is 4.25. The van der Waals surface area contributed by atoms with Crippen molar-refractivity contribution in [2.24, 2.45) is 0 Å². The molecule has 0 amide bonds. The van der Waals surface area contributed by atoms with E-state index in [9.17, 15) is 0 Å². The second-order valence-electron chi connectivity index (χ2n) is 6.25. The Morgan fingerprint density at radius 1 is 1.24 bits per heavy atom. The molecule has 3 rings (SSSR count). The maximum Gasteiger partial charge on any atom is 0.226 e. The molecule has 2 aliphatic rings. The number of likely N-dealkylation sites (N-methyl/N-ethyl adjacent to an activating group) is 1. The summed E-state index contributed by atoms with van der Waals surface area (Å²) in [6, 6.07) is 1.21. The van der Waals surface area contributed by atoms with Gasteiger partial charge in [0.15, 0.2) is 4.77 Å². The van der Waals surface area contributed by atoms with Crippen LogP contribution in [0.1, 0.15) is 52.0 Å². The first-order chi connectivity index (χ1) is 10.2. The number of aromatic amines is 1. The van der Waals surface area contributed by atoms with Crippen molar-refractivity contribution in [1.29, 1.82) is 0 Å². The molecular weight excluding hydrogens is 282 g/mol. The van der Waals surface area contributed by atoms with Crippen molar-refractivity contribution in [3.05, 3.63) is 4.77 Å². The van der Waals surface area contributed by atoms with E-state index < -0.39 is 0 Å². The quantitative estimate of drug-likeness (QED) is 0.849. The Balaban J connectivity index is 1.78. The van der Waals surface area contributed by atoms with E-state index in [4.69, 9.17) is 12.2 Å². The number of rotatable bonds is 5. The van der Waals surface area contributed by atoms with E-state index in [1.165, 1.54) is 32.1 Å². The highest BCUT2D eigenvalue weighted by atomic mass is 32.1. The van der Waals surface area contributed by atoms with Gasteiger partial charge >= 0.3 is 0 Å². The summed E-state index contributed by atoms with van der Waals surface area (Å²) in [7, 11) is 0. The lowest BCUT2D eigenvalue weighted by Crippen LogP contribution is -2.37. The van der Waals surface area contributed by atoms with Crippen molar-refractivity contribution in [2.45, 2.75) is 58.0 Å². The molecule has 1 aromatic rings. The maximum atomic E-state index is 5.48. The number of aromatic nitrogens is 3. The van der Waals surface area contributed by atoms with Crippen LogP contribution in [-0.4, -0.2) is 51.9 Å². The molecule has 1 saturated heterocycles. The van der Waals surface area contributed by atoms with E-state index >= 15 is 0 Å². The summed E-state index contributed by atoms with van der Waals surface area (Å²) in [6.45, 7) is 8.93. The summed E-state index contributed by atoms with van der Waals surface area (Å²) in [6.07, 6.45) is 6.35. The Labute approximate surface area is 132 Å². The lowest BCUT2D eigenvalue weighted by Gasteiger charge is -2.26. The molecule has 1 saturated carbocycles. The number of nitrogens with zero attached hydrogens (tertiary/aromatic N) is 4. The Kier molecular flexibility index (Phi) is 4.64. The van der Waals surface area contributed by atoms with Crippen LogP contribution in [0.5, 0.6) is 0 Å². The third kappa shape index (κ3) is 2.88. The standard InChI is InChI=1S/C15H27N5S/c1-3-18(4-2)13-9-10-19(11-13)14-16-17-15(21)20(14)12-7-5-6-8-12/h12-13H,3-11H2,1-2H3,(H,17,21). The molecule has 0 aromatic carbocycles. The lowest BCUT2D eigenvalue weighted by atomic mass is 10.2. The molecule has 21 heavy (non-hydrogen) atoms. The van der Waals surface area contributed by atoms with E-state index in [1.807, 2.05) is 0 Å². The monoisotopic (exact) mass is 309 g/mol. The lowest BCUT2D eigenvalue weighted by molar-refractivity contribution is 0.232. The Bertz CT molecular complexity index is 512. The second-order valence-corrected chi connectivity index (χ2v) is 6.63. The van der Waals surface area contributed by atoms with Crippen LogP contribution in [0, 0.1) is 4.77 Å². The number of H-pyrrole nitrogens is 1. The summed E-state index contributed by atoms with van der Waals surface area (Å²) in [4.78, 5) is 4.98. The van der Waals surface area contributed by atoms with Crippen LogP contribution >= 0.6 is 12.2 Å². The summed E-state index contributed by atoms with van der Waals surface area (Å²) in [5.74, 6) is 1.07. The Hall–Kier alpha value is -0.880. The van der Waals surface area contributed by atoms with Gasteiger partial charge in [0.2, 0.25) is 5.95 Å². The largest absolute Gasteiger partial charge is 0.339 e. The number of hydrogen-bond acceptors (Lipinski definition) is 4. The molecule has 1 aliphatic heterocycles. The molecule has 2 heterocycles. The van der Waals surface area contributed by atoms with Crippen LogP contribution in [0.2, 0.25) is 0 Å². The fraction of sp³-hybridized carbons (Fsp3) is 0.867. The molecule has 0 bridgehead atoms. The van der Waals surface area contributed by atoms with Crippen molar-refractivity contribution in [3.8, 4) is 0 Å². The van der Waals surface area contributed by atoms with E-state index in [-0.39, 0.29) is 0 Å². The van der Waals surface area contributed by atoms with Crippen molar-refractivity contribution in [2.75, 3.05) is 31.1 Å². The van der Waals surface area contributed by atoms with Gasteiger partial charge in [0.05, 0.1) is 0 Å². The highest BCUT2D eigenvalue weighted by Gasteiger charge is 2.31. The van der Waals surface area contributed by atoms with E-state index in [1.54, 1.807) is 0 Å². The van der Waals surface area contributed by atoms with Crippen molar-refractivity contribution < 1.29 is 0 Å². The second kappa shape index (κ2) is 6.48. The zero-order valence-corrected chi connectivity index (χ0v) is 14.0. The molecule has 6 heteroatoms. The normalized spacial score (nSPS) is 23.6. The Morgan fingerprint density at radius 2 is 1.95 bits per heavy atom. The summed E-state index contributed by atoms with van der Waals surface area (Å²) >= 11 is 5.48. The van der Waals surface area contributed by atoms with Gasteiger partial charge < -0.3 is 4.90 Å². The van der Waals surface area contributed by atoms with Gasteiger partial charge in [-0.3, -0.25) is 9.47 Å². The first kappa shape index (κ1) is 15.0. The van der Waals surface area contributed by atoms with Gasteiger partial charge in [0.1, 0.15) is 0 Å². The summed E-state index contributed by atoms with van der Waals surface area (Å²) < 4.78 is 3.08. The number of nitrogens with one attached hydrogen (secondary N) is 1. The van der Waals surface area contributed by atoms with Crippen molar-refractivity contribution in [3.63, 3.8) is 0 Å². The highest BCUT2D eigenvalue weighted by Crippen LogP contribution is 2.33. The molecule has 0 radical (unpaired) electrons. The van der Waals surface area contributed by atoms with Crippen LogP contribution in [0.3, 0.4) is 0 Å². The van der Waals surface area contributed by atoms with Gasteiger partial charge in [0, 0.05) is 25.2 Å². The zero-order valence-electron chi connectivity index (χ0n) is 13.2. The van der Waals surface area contributed by atoms with Gasteiger partial charge in [-0.15, -0.1) is 5.10 Å². The molecule has 1 aliphatic carbocycles. The third-order valence-corrected chi connectivity index (χ3v) is 5.44. The minimum Gasteiger partial charge on any atom is -0.339 e. The van der Waals surface area contributed by atoms with Crippen LogP contribution in [-0.2, 0) is 0 Å². The fourth-order valence-electron chi connectivity index (χ4n) is 3.97. The van der Waals surface area contributed by atoms with Gasteiger partial charge in [-0.1, -0.05) is 26.7 Å². The van der Waals surface area contributed by atoms with Crippen molar-refractivity contribution in [1.82, 2.24) is 19.7 Å². The van der Waals surface area contributed by atoms with Crippen LogP contribution < -0.4 is 4.90 Å². The van der Waals surface area contributed by atoms with Gasteiger partial charge in [-0.05, 0) is 44.6 Å². The SMILES string of the molecule is CCN(CC)C1CCN(c2n[nH]c(=S)n2C2CCCC2)C1. The molecule has 1 aromatic heterocycles. The number of anilines is 1. The predicted octanol–water partition coefficient (Wildman–Crippen LogP) is 2.98. The van der Waals surface area contributed by atoms with Crippen LogP contribution in [0.25, 0.3) is 0 Å². The third-order valence-electron chi connectivity index (χ3n) is 5.15. The van der Waals surface area contributed by atoms with Gasteiger partial charge in [-0.25, -0.2) is 5.10 Å². The van der Waals surface area contributed by atoms with E-state index in [0.29, 0.717) is 12.1 Å². The average Bonchev–Trinajstić information content (AvgIpc) is 3.19. The maximum absolute atomic E-state index is 5.48. The average molecular weight is 309 g/mol. The molecule has 2 fully saturated rings. The minimum absolute atomic E-state index is 0.554. The summed E-state index contributed by atoms with van der Waals surface area (Å²) in [5.41, 5.74) is 0. The highest BCUT2D eigenvalue weighted by molar-refractivity contribution is 7.71. The van der Waals surface area contributed by atoms with E-state index in [2.05, 4.69) is 38.4 Å². The first-order valence-electron chi connectivity index (χ1n) is 8.40. The molecular formula is C15H27N5S. The zero-order chi connectivity index (χ0) is 14.8. The molecule has 1 atom stereocenters. The van der Waals surface area contributed by atoms with E-state index in [0.717, 1.165) is 36.9 Å². The molecule has 1 unspecified atom stereocenters. The first-order valence-corrected chi connectivity index (χ1v) is 8.81. The van der Waals surface area contributed by atoms with Crippen LogP contribution in [0.15, 0.2) is 0 Å². The topological polar surface area (TPSA) is 40.1 Å². The molecule has 1 N–H and O–H groups in total. The molecule has 118 valence electrons. The minimum atomic E-state index is 0.554. The Morgan fingerprint density at radius 3 is 2.62 bits per heavy atom.